The number of para-hydroxylation sites is 1. The highest BCUT2D eigenvalue weighted by molar-refractivity contribution is 7.62. The van der Waals surface area contributed by atoms with E-state index < -0.39 is 7.60 Å². The molecule has 3 rings (SSSR count). The lowest BCUT2D eigenvalue weighted by Crippen LogP contribution is -2.17. The minimum absolute atomic E-state index is 0.374. The van der Waals surface area contributed by atoms with E-state index >= 15 is 0 Å². The van der Waals surface area contributed by atoms with Crippen molar-refractivity contribution in [3.05, 3.63) is 48.0 Å². The van der Waals surface area contributed by atoms with Gasteiger partial charge in [-0.05, 0) is 29.7 Å². The van der Waals surface area contributed by atoms with Crippen molar-refractivity contribution in [3.8, 4) is 16.9 Å². The quantitative estimate of drug-likeness (QED) is 0.807. The van der Waals surface area contributed by atoms with Crippen LogP contribution in [0.5, 0.6) is 5.75 Å². The van der Waals surface area contributed by atoms with Crippen molar-refractivity contribution in [1.82, 2.24) is 0 Å². The molecule has 98 valence electrons. The first kappa shape index (κ1) is 12.5. The molecular formula is C15H15O3P. The Hall–Kier alpha value is -1.57. The van der Waals surface area contributed by atoms with Crippen molar-refractivity contribution in [2.24, 2.45) is 0 Å². The van der Waals surface area contributed by atoms with Gasteiger partial charge < -0.3 is 9.42 Å². The summed E-state index contributed by atoms with van der Waals surface area (Å²) in [4.78, 5) is 10.0. The van der Waals surface area contributed by atoms with E-state index in [1.165, 1.54) is 0 Å². The van der Waals surface area contributed by atoms with Gasteiger partial charge in [0, 0.05) is 11.1 Å². The summed E-state index contributed by atoms with van der Waals surface area (Å²) in [6.07, 6.45) is 0. The van der Waals surface area contributed by atoms with Crippen LogP contribution in [0.4, 0.5) is 0 Å². The van der Waals surface area contributed by atoms with Crippen LogP contribution in [0.15, 0.2) is 42.5 Å². The Labute approximate surface area is 112 Å². The predicted octanol–water partition coefficient (Wildman–Crippen LogP) is 3.68. The third kappa shape index (κ3) is 1.99. The van der Waals surface area contributed by atoms with Crippen molar-refractivity contribution >= 4 is 12.9 Å². The lowest BCUT2D eigenvalue weighted by molar-refractivity contribution is 0.392. The van der Waals surface area contributed by atoms with E-state index in [9.17, 15) is 9.46 Å². The molecule has 1 aliphatic rings. The van der Waals surface area contributed by atoms with Gasteiger partial charge in [0.25, 0.3) is 0 Å². The molecular weight excluding hydrogens is 259 g/mol. The third-order valence-electron chi connectivity index (χ3n) is 3.39. The molecule has 0 spiro atoms. The molecule has 2 aromatic rings. The standard InChI is InChI=1S/C15H15O3P/c1-10(2)11-7-8-15-13(9-11)12-5-3-4-6-14(12)18-19(15,16)17/h3-10H,1-2H3,(H,16,17). The van der Waals surface area contributed by atoms with Gasteiger partial charge >= 0.3 is 7.60 Å². The fourth-order valence-corrected chi connectivity index (χ4v) is 3.60. The van der Waals surface area contributed by atoms with Gasteiger partial charge in [0.2, 0.25) is 0 Å². The predicted molar refractivity (Wildman–Crippen MR) is 76.1 cm³/mol. The molecule has 0 saturated carbocycles. The van der Waals surface area contributed by atoms with Gasteiger partial charge in [-0.15, -0.1) is 0 Å². The molecule has 1 N–H and O–H groups in total. The molecule has 1 unspecified atom stereocenters. The molecule has 0 radical (unpaired) electrons. The van der Waals surface area contributed by atoms with Crippen LogP contribution < -0.4 is 9.83 Å². The second kappa shape index (κ2) is 4.22. The van der Waals surface area contributed by atoms with Gasteiger partial charge in [-0.1, -0.05) is 38.1 Å². The van der Waals surface area contributed by atoms with Crippen molar-refractivity contribution in [2.75, 3.05) is 0 Å². The highest BCUT2D eigenvalue weighted by Crippen LogP contribution is 2.51. The van der Waals surface area contributed by atoms with Crippen LogP contribution in [0.1, 0.15) is 25.3 Å². The highest BCUT2D eigenvalue weighted by atomic mass is 31.2. The normalized spacial score (nSPS) is 20.6. The summed E-state index contributed by atoms with van der Waals surface area (Å²) in [5.41, 5.74) is 2.83. The Bertz CT molecular complexity index is 692. The zero-order chi connectivity index (χ0) is 13.6. The van der Waals surface area contributed by atoms with Crippen molar-refractivity contribution in [3.63, 3.8) is 0 Å². The summed E-state index contributed by atoms with van der Waals surface area (Å²) in [7, 11) is -3.76. The smallest absolute Gasteiger partial charge is 0.408 e. The van der Waals surface area contributed by atoms with E-state index in [1.807, 2.05) is 24.3 Å². The van der Waals surface area contributed by atoms with Gasteiger partial charge in [-0.25, -0.2) is 4.57 Å². The minimum Gasteiger partial charge on any atom is -0.421 e. The van der Waals surface area contributed by atoms with Crippen molar-refractivity contribution in [2.45, 2.75) is 19.8 Å². The Morgan fingerprint density at radius 2 is 1.84 bits per heavy atom. The molecule has 1 aliphatic heterocycles. The molecule has 3 nitrogen and oxygen atoms in total. The van der Waals surface area contributed by atoms with Crippen LogP contribution in [0.2, 0.25) is 0 Å². The fourth-order valence-electron chi connectivity index (χ4n) is 2.33. The first-order chi connectivity index (χ1) is 8.99. The summed E-state index contributed by atoms with van der Waals surface area (Å²) < 4.78 is 17.5. The van der Waals surface area contributed by atoms with Crippen LogP contribution in [0.25, 0.3) is 11.1 Å². The Morgan fingerprint density at radius 3 is 2.58 bits per heavy atom. The molecule has 0 bridgehead atoms. The average Bonchev–Trinajstić information content (AvgIpc) is 2.37. The van der Waals surface area contributed by atoms with E-state index in [-0.39, 0.29) is 0 Å². The molecule has 0 amide bonds. The Morgan fingerprint density at radius 1 is 1.11 bits per heavy atom. The molecule has 0 aliphatic carbocycles. The Kier molecular flexibility index (Phi) is 2.77. The molecule has 1 atom stereocenters. The van der Waals surface area contributed by atoms with Gasteiger partial charge in [0.15, 0.2) is 0 Å². The van der Waals surface area contributed by atoms with Crippen molar-refractivity contribution < 1.29 is 14.0 Å². The topological polar surface area (TPSA) is 46.5 Å². The average molecular weight is 274 g/mol. The molecule has 0 fully saturated rings. The van der Waals surface area contributed by atoms with Crippen LogP contribution in [0, 0.1) is 0 Å². The fraction of sp³-hybridized carbons (Fsp3) is 0.200. The Balaban J connectivity index is 2.31. The summed E-state index contributed by atoms with van der Waals surface area (Å²) in [6, 6.07) is 12.9. The lowest BCUT2D eigenvalue weighted by Gasteiger charge is -2.25. The van der Waals surface area contributed by atoms with E-state index in [1.54, 1.807) is 18.2 Å². The third-order valence-corrected chi connectivity index (χ3v) is 4.83. The van der Waals surface area contributed by atoms with Gasteiger partial charge in [-0.3, -0.25) is 0 Å². The second-order valence-electron chi connectivity index (χ2n) is 5.04. The lowest BCUT2D eigenvalue weighted by atomic mass is 9.97. The zero-order valence-corrected chi connectivity index (χ0v) is 11.7. The zero-order valence-electron chi connectivity index (χ0n) is 10.8. The second-order valence-corrected chi connectivity index (χ2v) is 6.74. The SMILES string of the molecule is CC(C)c1ccc2c(c1)-c1ccccc1OP2(=O)O. The largest absolute Gasteiger partial charge is 0.421 e. The van der Waals surface area contributed by atoms with Gasteiger partial charge in [0.1, 0.15) is 5.75 Å². The first-order valence-electron chi connectivity index (χ1n) is 6.25. The van der Waals surface area contributed by atoms with E-state index in [0.717, 1.165) is 16.7 Å². The minimum atomic E-state index is -3.76. The van der Waals surface area contributed by atoms with E-state index in [4.69, 9.17) is 4.52 Å². The van der Waals surface area contributed by atoms with Gasteiger partial charge in [0.05, 0.1) is 5.30 Å². The first-order valence-corrected chi connectivity index (χ1v) is 7.83. The molecule has 4 heteroatoms. The molecule has 0 saturated heterocycles. The van der Waals surface area contributed by atoms with Crippen LogP contribution in [-0.4, -0.2) is 4.89 Å². The number of rotatable bonds is 1. The van der Waals surface area contributed by atoms with Crippen LogP contribution in [0.3, 0.4) is 0 Å². The maximum Gasteiger partial charge on any atom is 0.408 e. The van der Waals surface area contributed by atoms with Crippen molar-refractivity contribution in [1.29, 1.82) is 0 Å². The summed E-state index contributed by atoms with van der Waals surface area (Å²) in [5, 5.41) is 0.385. The number of fused-ring (bicyclic) bond motifs is 3. The van der Waals surface area contributed by atoms with E-state index in [2.05, 4.69) is 13.8 Å². The molecule has 2 aromatic carbocycles. The highest BCUT2D eigenvalue weighted by Gasteiger charge is 2.34. The number of hydrogen-bond acceptors (Lipinski definition) is 2. The molecule has 1 heterocycles. The summed E-state index contributed by atoms with van der Waals surface area (Å²) in [5.74, 6) is 0.847. The van der Waals surface area contributed by atoms with Gasteiger partial charge in [-0.2, -0.15) is 0 Å². The van der Waals surface area contributed by atoms with E-state index in [0.29, 0.717) is 17.0 Å². The molecule has 19 heavy (non-hydrogen) atoms. The maximum atomic E-state index is 12.2. The summed E-state index contributed by atoms with van der Waals surface area (Å²) in [6.45, 7) is 4.21. The van der Waals surface area contributed by atoms with Crippen LogP contribution >= 0.6 is 7.60 Å². The number of benzene rings is 2. The maximum absolute atomic E-state index is 12.2. The number of hydrogen-bond donors (Lipinski definition) is 1. The monoisotopic (exact) mass is 274 g/mol. The van der Waals surface area contributed by atoms with Crippen LogP contribution in [-0.2, 0) is 4.57 Å². The molecule has 0 aromatic heterocycles. The summed E-state index contributed by atoms with van der Waals surface area (Å²) >= 11 is 0.